The molecule has 118 valence electrons. The van der Waals surface area contributed by atoms with Crippen LogP contribution in [0.15, 0.2) is 18.2 Å². The van der Waals surface area contributed by atoms with Crippen molar-refractivity contribution in [1.29, 1.82) is 0 Å². The van der Waals surface area contributed by atoms with Crippen LogP contribution in [-0.4, -0.2) is 60.9 Å². The Morgan fingerprint density at radius 1 is 1.09 bits per heavy atom. The van der Waals surface area contributed by atoms with Crippen molar-refractivity contribution >= 4 is 40.7 Å². The first kappa shape index (κ1) is 15.7. The number of anilines is 1. The van der Waals surface area contributed by atoms with Crippen LogP contribution in [0.2, 0.25) is 10.0 Å². The summed E-state index contributed by atoms with van der Waals surface area (Å²) in [7, 11) is 2.05. The number of amides is 2. The molecule has 0 aromatic heterocycles. The summed E-state index contributed by atoms with van der Waals surface area (Å²) in [6.07, 6.45) is 0.200. The van der Waals surface area contributed by atoms with Crippen LogP contribution in [0.3, 0.4) is 0 Å². The van der Waals surface area contributed by atoms with Gasteiger partial charge in [0.15, 0.2) is 0 Å². The lowest BCUT2D eigenvalue weighted by Crippen LogP contribution is -2.51. The van der Waals surface area contributed by atoms with Gasteiger partial charge in [-0.05, 0) is 19.2 Å². The summed E-state index contributed by atoms with van der Waals surface area (Å²) < 4.78 is 0. The van der Waals surface area contributed by atoms with E-state index in [4.69, 9.17) is 23.2 Å². The number of carbonyl (C=O) groups is 2. The number of nitrogens with zero attached hydrogens (tertiary/aromatic N) is 3. The van der Waals surface area contributed by atoms with Gasteiger partial charge in [0.2, 0.25) is 5.91 Å². The van der Waals surface area contributed by atoms with Gasteiger partial charge in [0.1, 0.15) is 0 Å². The van der Waals surface area contributed by atoms with E-state index in [1.165, 1.54) is 4.90 Å². The molecule has 2 aliphatic rings. The van der Waals surface area contributed by atoms with Crippen molar-refractivity contribution in [3.8, 4) is 0 Å². The van der Waals surface area contributed by atoms with E-state index in [1.54, 1.807) is 18.2 Å². The van der Waals surface area contributed by atoms with Crippen LogP contribution in [0, 0.1) is 0 Å². The van der Waals surface area contributed by atoms with E-state index < -0.39 is 6.04 Å². The van der Waals surface area contributed by atoms with Crippen molar-refractivity contribution < 1.29 is 9.59 Å². The molecule has 0 N–H and O–H groups in total. The quantitative estimate of drug-likeness (QED) is 0.770. The van der Waals surface area contributed by atoms with Crippen LogP contribution >= 0.6 is 23.2 Å². The molecule has 3 rings (SSSR count). The van der Waals surface area contributed by atoms with E-state index in [-0.39, 0.29) is 23.3 Å². The summed E-state index contributed by atoms with van der Waals surface area (Å²) in [4.78, 5) is 30.5. The van der Waals surface area contributed by atoms with Crippen LogP contribution < -0.4 is 4.90 Å². The molecule has 1 aromatic carbocycles. The van der Waals surface area contributed by atoms with E-state index in [9.17, 15) is 9.59 Å². The molecule has 2 heterocycles. The Labute approximate surface area is 139 Å². The van der Waals surface area contributed by atoms with Gasteiger partial charge >= 0.3 is 0 Å². The maximum atomic E-state index is 12.7. The molecule has 22 heavy (non-hydrogen) atoms. The molecule has 0 spiro atoms. The van der Waals surface area contributed by atoms with Gasteiger partial charge in [-0.1, -0.05) is 29.3 Å². The van der Waals surface area contributed by atoms with Gasteiger partial charge in [-0.3, -0.25) is 14.5 Å². The van der Waals surface area contributed by atoms with Gasteiger partial charge in [0.25, 0.3) is 5.91 Å². The Morgan fingerprint density at radius 2 is 1.77 bits per heavy atom. The predicted octanol–water partition coefficient (Wildman–Crippen LogP) is 1.87. The number of hydrogen-bond donors (Lipinski definition) is 0. The lowest BCUT2D eigenvalue weighted by molar-refractivity contribution is -0.123. The van der Waals surface area contributed by atoms with Crippen LogP contribution in [-0.2, 0) is 9.59 Å². The Balaban J connectivity index is 1.84. The van der Waals surface area contributed by atoms with Crippen LogP contribution in [0.5, 0.6) is 0 Å². The zero-order valence-corrected chi connectivity index (χ0v) is 13.8. The number of piperazine rings is 1. The monoisotopic (exact) mass is 341 g/mol. The maximum Gasteiger partial charge on any atom is 0.251 e. The molecule has 2 amide bonds. The molecule has 2 saturated heterocycles. The van der Waals surface area contributed by atoms with Crippen molar-refractivity contribution in [2.24, 2.45) is 0 Å². The average molecular weight is 342 g/mol. The number of likely N-dealkylation sites (N-methyl/N-ethyl adjacent to an activating group) is 1. The lowest BCUT2D eigenvalue weighted by atomic mass is 10.2. The van der Waals surface area contributed by atoms with E-state index >= 15 is 0 Å². The first-order chi connectivity index (χ1) is 10.5. The fourth-order valence-corrected chi connectivity index (χ4v) is 3.33. The standard InChI is InChI=1S/C15H17Cl2N3O2/c1-18-5-7-19(8-6-18)12-9-13(21)20(15(12)22)11-4-2-3-10(16)14(11)17/h2-4,12H,5-9H2,1H3. The molecule has 7 heteroatoms. The molecule has 0 radical (unpaired) electrons. The third kappa shape index (κ3) is 2.74. The minimum Gasteiger partial charge on any atom is -0.304 e. The number of carbonyl (C=O) groups excluding carboxylic acids is 2. The first-order valence-electron chi connectivity index (χ1n) is 7.22. The van der Waals surface area contributed by atoms with Crippen LogP contribution in [0.4, 0.5) is 5.69 Å². The van der Waals surface area contributed by atoms with Gasteiger partial charge < -0.3 is 4.90 Å². The highest BCUT2D eigenvalue weighted by molar-refractivity contribution is 6.44. The molecule has 5 nitrogen and oxygen atoms in total. The zero-order chi connectivity index (χ0) is 15.9. The Morgan fingerprint density at radius 3 is 2.45 bits per heavy atom. The van der Waals surface area contributed by atoms with E-state index in [0.29, 0.717) is 10.7 Å². The number of hydrogen-bond acceptors (Lipinski definition) is 4. The molecule has 0 saturated carbocycles. The number of imide groups is 1. The fraction of sp³-hybridized carbons (Fsp3) is 0.467. The highest BCUT2D eigenvalue weighted by atomic mass is 35.5. The van der Waals surface area contributed by atoms with Crippen molar-refractivity contribution in [3.05, 3.63) is 28.2 Å². The van der Waals surface area contributed by atoms with Gasteiger partial charge in [0, 0.05) is 26.2 Å². The second kappa shape index (κ2) is 6.16. The summed E-state index contributed by atoms with van der Waals surface area (Å²) in [6.45, 7) is 3.38. The van der Waals surface area contributed by atoms with Crippen molar-refractivity contribution in [3.63, 3.8) is 0 Å². The average Bonchev–Trinajstić information content (AvgIpc) is 2.78. The second-order valence-electron chi connectivity index (χ2n) is 5.70. The SMILES string of the molecule is CN1CCN(C2CC(=O)N(c3cccc(Cl)c3Cl)C2=O)CC1. The molecule has 0 aliphatic carbocycles. The predicted molar refractivity (Wildman–Crippen MR) is 86.4 cm³/mol. The normalized spacial score (nSPS) is 24.3. The molecular weight excluding hydrogens is 325 g/mol. The second-order valence-corrected chi connectivity index (χ2v) is 6.48. The largest absolute Gasteiger partial charge is 0.304 e. The third-order valence-electron chi connectivity index (χ3n) is 4.27. The molecule has 1 aromatic rings. The lowest BCUT2D eigenvalue weighted by Gasteiger charge is -2.35. The highest BCUT2D eigenvalue weighted by Gasteiger charge is 2.43. The summed E-state index contributed by atoms with van der Waals surface area (Å²) in [5.74, 6) is -0.434. The molecule has 1 atom stereocenters. The van der Waals surface area contributed by atoms with E-state index in [0.717, 1.165) is 26.2 Å². The Hall–Kier alpha value is -1.14. The van der Waals surface area contributed by atoms with Gasteiger partial charge in [0.05, 0.1) is 28.2 Å². The van der Waals surface area contributed by atoms with Crippen molar-refractivity contribution in [1.82, 2.24) is 9.80 Å². The van der Waals surface area contributed by atoms with Crippen molar-refractivity contribution in [2.75, 3.05) is 38.1 Å². The molecule has 0 bridgehead atoms. The Kier molecular flexibility index (Phi) is 4.41. The van der Waals surface area contributed by atoms with Gasteiger partial charge in [-0.2, -0.15) is 0 Å². The molecule has 2 aliphatic heterocycles. The van der Waals surface area contributed by atoms with E-state index in [1.807, 2.05) is 0 Å². The topological polar surface area (TPSA) is 43.9 Å². The third-order valence-corrected chi connectivity index (χ3v) is 5.08. The summed E-state index contributed by atoms with van der Waals surface area (Å²) in [6, 6.07) is 4.58. The van der Waals surface area contributed by atoms with Crippen molar-refractivity contribution in [2.45, 2.75) is 12.5 Å². The maximum absolute atomic E-state index is 12.7. The first-order valence-corrected chi connectivity index (χ1v) is 7.98. The molecular formula is C15H17Cl2N3O2. The van der Waals surface area contributed by atoms with Crippen LogP contribution in [0.25, 0.3) is 0 Å². The van der Waals surface area contributed by atoms with E-state index in [2.05, 4.69) is 16.8 Å². The summed E-state index contributed by atoms with van der Waals surface area (Å²) >= 11 is 12.1. The molecule has 1 unspecified atom stereocenters. The zero-order valence-electron chi connectivity index (χ0n) is 12.3. The van der Waals surface area contributed by atoms with Crippen LogP contribution in [0.1, 0.15) is 6.42 Å². The molecule has 2 fully saturated rings. The summed E-state index contributed by atoms with van der Waals surface area (Å²) in [5, 5.41) is 0.577. The van der Waals surface area contributed by atoms with Gasteiger partial charge in [-0.15, -0.1) is 0 Å². The number of benzene rings is 1. The smallest absolute Gasteiger partial charge is 0.251 e. The van der Waals surface area contributed by atoms with Gasteiger partial charge in [-0.25, -0.2) is 4.90 Å². The Bertz CT molecular complexity index is 615. The fourth-order valence-electron chi connectivity index (χ4n) is 2.95. The highest BCUT2D eigenvalue weighted by Crippen LogP contribution is 2.35. The minimum absolute atomic E-state index is 0.200. The number of rotatable bonds is 2. The minimum atomic E-state index is -0.392. The number of halogens is 2. The summed E-state index contributed by atoms with van der Waals surface area (Å²) in [5.41, 5.74) is 0.376.